The number of rotatable bonds is 7. The van der Waals surface area contributed by atoms with Crippen LogP contribution in [0.2, 0.25) is 0 Å². The van der Waals surface area contributed by atoms with Crippen LogP contribution in [0.15, 0.2) is 102 Å². The van der Waals surface area contributed by atoms with Crippen molar-refractivity contribution in [3.63, 3.8) is 0 Å². The van der Waals surface area contributed by atoms with Gasteiger partial charge in [0.1, 0.15) is 0 Å². The fourth-order valence-corrected chi connectivity index (χ4v) is 4.90. The van der Waals surface area contributed by atoms with Crippen molar-refractivity contribution >= 4 is 21.8 Å². The van der Waals surface area contributed by atoms with Crippen molar-refractivity contribution in [2.75, 3.05) is 0 Å². The van der Waals surface area contributed by atoms with E-state index in [4.69, 9.17) is 5.53 Å². The molecule has 1 aromatic heterocycles. The lowest BCUT2D eigenvalue weighted by molar-refractivity contribution is 0.623. The first-order chi connectivity index (χ1) is 16.7. The Morgan fingerprint density at radius 2 is 1.15 bits per heavy atom. The molecule has 4 nitrogen and oxygen atoms in total. The Bertz CT molecular complexity index is 1420. The zero-order chi connectivity index (χ0) is 23.5. The van der Waals surface area contributed by atoms with E-state index < -0.39 is 0 Å². The van der Waals surface area contributed by atoms with Crippen molar-refractivity contribution in [2.45, 2.75) is 38.8 Å². The second-order valence-corrected chi connectivity index (χ2v) is 9.07. The summed E-state index contributed by atoms with van der Waals surface area (Å²) in [5.74, 6) is 0.780. The highest BCUT2D eigenvalue weighted by atomic mass is 15.1. The first-order valence-electron chi connectivity index (χ1n) is 11.8. The molecule has 0 aliphatic heterocycles. The first-order valence-corrected chi connectivity index (χ1v) is 11.8. The molecule has 0 bridgehead atoms. The van der Waals surface area contributed by atoms with Crippen LogP contribution in [0.4, 0.5) is 0 Å². The minimum atomic E-state index is 0.386. The lowest BCUT2D eigenvalue weighted by Crippen LogP contribution is -2.06. The van der Waals surface area contributed by atoms with Crippen molar-refractivity contribution < 1.29 is 0 Å². The maximum atomic E-state index is 8.51. The van der Waals surface area contributed by atoms with Gasteiger partial charge < -0.3 is 4.57 Å². The predicted molar refractivity (Wildman–Crippen MR) is 141 cm³/mol. The van der Waals surface area contributed by atoms with Gasteiger partial charge in [-0.1, -0.05) is 104 Å². The summed E-state index contributed by atoms with van der Waals surface area (Å²) in [5, 5.41) is 6.26. The Balaban J connectivity index is 1.36. The van der Waals surface area contributed by atoms with Crippen LogP contribution in [0, 0.1) is 0 Å². The second-order valence-electron chi connectivity index (χ2n) is 9.07. The van der Waals surface area contributed by atoms with E-state index in [1.165, 1.54) is 38.5 Å². The van der Waals surface area contributed by atoms with E-state index in [1.54, 1.807) is 0 Å². The number of azide groups is 1. The van der Waals surface area contributed by atoms with Gasteiger partial charge in [-0.05, 0) is 51.8 Å². The summed E-state index contributed by atoms with van der Waals surface area (Å²) in [6.45, 7) is 5.82. The van der Waals surface area contributed by atoms with E-state index in [1.807, 2.05) is 0 Å². The van der Waals surface area contributed by atoms with E-state index >= 15 is 0 Å². The zero-order valence-electron chi connectivity index (χ0n) is 19.6. The van der Waals surface area contributed by atoms with Crippen LogP contribution in [0.1, 0.15) is 47.9 Å². The van der Waals surface area contributed by atoms with Crippen LogP contribution in [0.3, 0.4) is 0 Å². The molecule has 0 spiro atoms. The van der Waals surface area contributed by atoms with E-state index in [2.05, 4.69) is 126 Å². The minimum absolute atomic E-state index is 0.386. The molecule has 5 aromatic rings. The van der Waals surface area contributed by atoms with Gasteiger partial charge >= 0.3 is 0 Å². The smallest absolute Gasteiger partial charge is 0.0510 e. The van der Waals surface area contributed by atoms with Crippen molar-refractivity contribution in [1.82, 2.24) is 4.57 Å². The summed E-state index contributed by atoms with van der Waals surface area (Å²) in [4.78, 5) is 2.84. The predicted octanol–water partition coefficient (Wildman–Crippen LogP) is 8.56. The van der Waals surface area contributed by atoms with Gasteiger partial charge in [-0.15, -0.1) is 0 Å². The molecular weight excluding hydrogens is 416 g/mol. The highest BCUT2D eigenvalue weighted by Gasteiger charge is 2.17. The zero-order valence-corrected chi connectivity index (χ0v) is 19.6. The molecule has 1 heterocycles. The first kappa shape index (κ1) is 21.8. The van der Waals surface area contributed by atoms with Crippen LogP contribution < -0.4 is 0 Å². The molecule has 0 aliphatic carbocycles. The van der Waals surface area contributed by atoms with Gasteiger partial charge in [0.05, 0.1) is 6.54 Å². The van der Waals surface area contributed by atoms with E-state index in [0.717, 1.165) is 12.1 Å². The Hall–Kier alpha value is -4.01. The highest BCUT2D eigenvalue weighted by molar-refractivity contribution is 6.08. The van der Waals surface area contributed by atoms with Crippen LogP contribution >= 0.6 is 0 Å². The molecule has 0 N–H and O–H groups in total. The number of benzene rings is 4. The van der Waals surface area contributed by atoms with Gasteiger partial charge in [-0.2, -0.15) is 0 Å². The van der Waals surface area contributed by atoms with Gasteiger partial charge in [-0.3, -0.25) is 0 Å². The van der Waals surface area contributed by atoms with Crippen molar-refractivity contribution in [2.24, 2.45) is 5.11 Å². The molecule has 4 aromatic carbocycles. The molecule has 5 rings (SSSR count). The highest BCUT2D eigenvalue weighted by Crippen LogP contribution is 2.33. The summed E-state index contributed by atoms with van der Waals surface area (Å²) >= 11 is 0. The molecule has 0 saturated heterocycles. The van der Waals surface area contributed by atoms with Gasteiger partial charge in [0.25, 0.3) is 0 Å². The minimum Gasteiger partial charge on any atom is -0.336 e. The molecule has 4 heteroatoms. The number of para-hydroxylation sites is 2. The van der Waals surface area contributed by atoms with Crippen LogP contribution in [0.25, 0.3) is 32.2 Å². The second kappa shape index (κ2) is 9.46. The monoisotopic (exact) mass is 444 g/mol. The molecule has 34 heavy (non-hydrogen) atoms. The molecule has 2 atom stereocenters. The summed E-state index contributed by atoms with van der Waals surface area (Å²) < 4.78 is 2.42. The fraction of sp³-hybridized carbons (Fsp3) is 0.200. The number of nitrogens with zero attached hydrogens (tertiary/aromatic N) is 4. The van der Waals surface area contributed by atoms with Gasteiger partial charge in [0.15, 0.2) is 0 Å². The molecular formula is C30H28N4. The van der Waals surface area contributed by atoms with Crippen LogP contribution in [-0.2, 0) is 13.1 Å². The van der Waals surface area contributed by atoms with E-state index in [-0.39, 0.29) is 0 Å². The molecule has 2 unspecified atom stereocenters. The number of hydrogen-bond donors (Lipinski definition) is 0. The molecule has 0 fully saturated rings. The van der Waals surface area contributed by atoms with Crippen molar-refractivity contribution in [3.05, 3.63) is 130 Å². The van der Waals surface area contributed by atoms with Crippen LogP contribution in [-0.4, -0.2) is 4.57 Å². The van der Waals surface area contributed by atoms with E-state index in [9.17, 15) is 0 Å². The molecule has 0 aliphatic rings. The van der Waals surface area contributed by atoms with Crippen molar-refractivity contribution in [1.29, 1.82) is 0 Å². The Kier molecular flexibility index (Phi) is 6.07. The average Bonchev–Trinajstić information content (AvgIpc) is 3.21. The Labute approximate surface area is 200 Å². The SMILES string of the molecule is CC(c1ccc(CN=[N+]=[N-])cc1)C(C)c1ccc(Cn2c3ccccc3c3ccccc32)cc1. The normalized spacial score (nSPS) is 13.0. The molecule has 0 saturated carbocycles. The van der Waals surface area contributed by atoms with Gasteiger partial charge in [0.2, 0.25) is 0 Å². The quantitative estimate of drug-likeness (QED) is 0.137. The largest absolute Gasteiger partial charge is 0.336 e. The number of hydrogen-bond acceptors (Lipinski definition) is 1. The summed E-state index contributed by atoms with van der Waals surface area (Å²) in [5.41, 5.74) is 16.0. The third-order valence-corrected chi connectivity index (χ3v) is 7.10. The van der Waals surface area contributed by atoms with E-state index in [0.29, 0.717) is 18.4 Å². The maximum Gasteiger partial charge on any atom is 0.0510 e. The number of fused-ring (bicyclic) bond motifs is 3. The topological polar surface area (TPSA) is 53.7 Å². The van der Waals surface area contributed by atoms with Gasteiger partial charge in [0, 0.05) is 33.3 Å². The number of aromatic nitrogens is 1. The Morgan fingerprint density at radius 1 is 0.676 bits per heavy atom. The average molecular weight is 445 g/mol. The van der Waals surface area contributed by atoms with Crippen molar-refractivity contribution in [3.8, 4) is 0 Å². The third-order valence-electron chi connectivity index (χ3n) is 7.10. The van der Waals surface area contributed by atoms with Gasteiger partial charge in [-0.25, -0.2) is 0 Å². The summed E-state index contributed by atoms with van der Waals surface area (Å²) in [6, 6.07) is 34.8. The molecule has 0 radical (unpaired) electrons. The molecule has 168 valence electrons. The maximum absolute atomic E-state index is 8.51. The fourth-order valence-electron chi connectivity index (χ4n) is 4.90. The summed E-state index contributed by atoms with van der Waals surface area (Å²) in [6.07, 6.45) is 0. The third kappa shape index (κ3) is 4.16. The van der Waals surface area contributed by atoms with Crippen LogP contribution in [0.5, 0.6) is 0 Å². The lowest BCUT2D eigenvalue weighted by Gasteiger charge is -2.21. The molecule has 0 amide bonds. The standard InChI is InChI=1S/C30H28N4/c1-21(25-15-11-23(12-16-25)19-32-33-31)22(2)26-17-13-24(14-18-26)20-34-29-9-5-3-7-27(29)28-8-4-6-10-30(28)34/h3-18,21-22H,19-20H2,1-2H3. The lowest BCUT2D eigenvalue weighted by atomic mass is 9.83. The summed E-state index contributed by atoms with van der Waals surface area (Å²) in [7, 11) is 0. The Morgan fingerprint density at radius 3 is 1.65 bits per heavy atom.